The average molecular weight is 320 g/mol. The molecule has 0 aliphatic heterocycles. The normalized spacial score (nSPS) is 12.0. The summed E-state index contributed by atoms with van der Waals surface area (Å²) >= 11 is 1.65. The second-order valence-electron chi connectivity index (χ2n) is 4.93. The molecule has 2 rings (SSSR count). The van der Waals surface area contributed by atoms with E-state index >= 15 is 0 Å². The van der Waals surface area contributed by atoms with Crippen molar-refractivity contribution >= 4 is 23.1 Å². The van der Waals surface area contributed by atoms with Gasteiger partial charge in [0.05, 0.1) is 13.2 Å². The molecule has 2 aromatic heterocycles. The van der Waals surface area contributed by atoms with Gasteiger partial charge in [-0.05, 0) is 48.6 Å². The first-order valence-electron chi connectivity index (χ1n) is 6.84. The van der Waals surface area contributed by atoms with E-state index in [-0.39, 0.29) is 12.1 Å². The number of hydrogen-bond donors (Lipinski definition) is 2. The third-order valence-corrected chi connectivity index (χ3v) is 3.92. The fourth-order valence-electron chi connectivity index (χ4n) is 2.07. The lowest BCUT2D eigenvalue weighted by molar-refractivity contribution is 0.243. The molecular formula is C15H20N4O2S. The number of nitrogens with one attached hydrogen (secondary N) is 2. The van der Waals surface area contributed by atoms with Crippen molar-refractivity contribution in [3.05, 3.63) is 40.7 Å². The molecule has 0 aromatic carbocycles. The van der Waals surface area contributed by atoms with Crippen LogP contribution in [0.2, 0.25) is 0 Å². The number of carbonyl (C=O) groups is 1. The van der Waals surface area contributed by atoms with Crippen LogP contribution in [0.15, 0.2) is 35.2 Å². The zero-order chi connectivity index (χ0) is 15.9. The van der Waals surface area contributed by atoms with Crippen LogP contribution in [-0.2, 0) is 0 Å². The predicted octanol–water partition coefficient (Wildman–Crippen LogP) is 2.58. The van der Waals surface area contributed by atoms with E-state index in [9.17, 15) is 4.79 Å². The maximum atomic E-state index is 12.1. The van der Waals surface area contributed by atoms with Crippen LogP contribution in [0.4, 0.5) is 10.5 Å². The quantitative estimate of drug-likeness (QED) is 0.858. The zero-order valence-corrected chi connectivity index (χ0v) is 13.7. The number of urea groups is 1. The minimum Gasteiger partial charge on any atom is -0.480 e. The van der Waals surface area contributed by atoms with Gasteiger partial charge in [0.1, 0.15) is 5.69 Å². The highest BCUT2D eigenvalue weighted by Crippen LogP contribution is 2.21. The fourth-order valence-corrected chi connectivity index (χ4v) is 2.77. The summed E-state index contributed by atoms with van der Waals surface area (Å²) in [6, 6.07) is 5.40. The summed E-state index contributed by atoms with van der Waals surface area (Å²) in [7, 11) is 5.50. The number of hydrogen-bond acceptors (Lipinski definition) is 5. The molecule has 2 N–H and O–H groups in total. The van der Waals surface area contributed by atoms with Gasteiger partial charge in [-0.3, -0.25) is 0 Å². The summed E-state index contributed by atoms with van der Waals surface area (Å²) in [5, 5.41) is 9.76. The van der Waals surface area contributed by atoms with Crippen LogP contribution < -0.4 is 15.4 Å². The predicted molar refractivity (Wildman–Crippen MR) is 88.6 cm³/mol. The van der Waals surface area contributed by atoms with Gasteiger partial charge < -0.3 is 20.3 Å². The Hall–Kier alpha value is -2.12. The Morgan fingerprint density at radius 3 is 2.91 bits per heavy atom. The Labute approximate surface area is 134 Å². The molecular weight excluding hydrogens is 300 g/mol. The number of nitrogens with zero attached hydrogens (tertiary/aromatic N) is 2. The Balaban J connectivity index is 1.94. The number of likely N-dealkylation sites (N-methyl/N-ethyl adjacent to an activating group) is 1. The highest BCUT2D eigenvalue weighted by Gasteiger charge is 2.16. The van der Waals surface area contributed by atoms with Crippen LogP contribution in [0.3, 0.4) is 0 Å². The standard InChI is InChI=1S/C15H20N4O2S/c1-19(2)13(11-6-8-22-10-11)9-17-15(20)18-12-5-4-7-16-14(12)21-3/h4-8,10,13H,9H2,1-3H3,(H2,17,18,20)/t13-/m0/s1. The molecule has 2 aromatic rings. The Kier molecular flexibility index (Phi) is 5.74. The van der Waals surface area contributed by atoms with Crippen molar-refractivity contribution in [1.82, 2.24) is 15.2 Å². The molecule has 0 aliphatic carbocycles. The Morgan fingerprint density at radius 1 is 1.45 bits per heavy atom. The van der Waals surface area contributed by atoms with Gasteiger partial charge in [-0.2, -0.15) is 11.3 Å². The Bertz CT molecular complexity index is 601. The molecule has 2 heterocycles. The van der Waals surface area contributed by atoms with E-state index in [1.807, 2.05) is 19.5 Å². The molecule has 2 amide bonds. The molecule has 0 saturated carbocycles. The van der Waals surface area contributed by atoms with E-state index in [0.717, 1.165) is 0 Å². The number of aromatic nitrogens is 1. The molecule has 0 unspecified atom stereocenters. The Morgan fingerprint density at radius 2 is 2.27 bits per heavy atom. The highest BCUT2D eigenvalue weighted by atomic mass is 32.1. The highest BCUT2D eigenvalue weighted by molar-refractivity contribution is 7.07. The number of methoxy groups -OCH3 is 1. The first kappa shape index (κ1) is 16.3. The molecule has 0 saturated heterocycles. The first-order valence-corrected chi connectivity index (χ1v) is 7.78. The molecule has 118 valence electrons. The van der Waals surface area contributed by atoms with Gasteiger partial charge in [-0.25, -0.2) is 9.78 Å². The number of rotatable bonds is 6. The van der Waals surface area contributed by atoms with Crippen molar-refractivity contribution in [1.29, 1.82) is 0 Å². The number of amides is 2. The second-order valence-corrected chi connectivity index (χ2v) is 5.71. The largest absolute Gasteiger partial charge is 0.480 e. The third kappa shape index (κ3) is 4.19. The lowest BCUT2D eigenvalue weighted by Gasteiger charge is -2.24. The molecule has 0 spiro atoms. The molecule has 0 aliphatic rings. The van der Waals surface area contributed by atoms with E-state index < -0.39 is 0 Å². The van der Waals surface area contributed by atoms with Crippen molar-refractivity contribution in [3.63, 3.8) is 0 Å². The summed E-state index contributed by atoms with van der Waals surface area (Å²) in [6.45, 7) is 0.512. The van der Waals surface area contributed by atoms with Gasteiger partial charge in [0.2, 0.25) is 5.88 Å². The summed E-state index contributed by atoms with van der Waals surface area (Å²) in [5.41, 5.74) is 1.73. The number of thiophene rings is 1. The van der Waals surface area contributed by atoms with Gasteiger partial charge in [-0.15, -0.1) is 0 Å². The molecule has 0 fully saturated rings. The van der Waals surface area contributed by atoms with E-state index in [1.54, 1.807) is 29.7 Å². The van der Waals surface area contributed by atoms with E-state index in [4.69, 9.17) is 4.74 Å². The monoisotopic (exact) mass is 320 g/mol. The molecule has 0 bridgehead atoms. The van der Waals surface area contributed by atoms with Gasteiger partial charge >= 0.3 is 6.03 Å². The molecule has 6 nitrogen and oxygen atoms in total. The summed E-state index contributed by atoms with van der Waals surface area (Å²) < 4.78 is 5.11. The van der Waals surface area contributed by atoms with Gasteiger partial charge in [0.25, 0.3) is 0 Å². The summed E-state index contributed by atoms with van der Waals surface area (Å²) in [6.07, 6.45) is 1.61. The van der Waals surface area contributed by atoms with Crippen molar-refractivity contribution in [2.24, 2.45) is 0 Å². The summed E-state index contributed by atoms with van der Waals surface area (Å²) in [4.78, 5) is 18.2. The van der Waals surface area contributed by atoms with Crippen LogP contribution in [0.5, 0.6) is 5.88 Å². The van der Waals surface area contributed by atoms with E-state index in [2.05, 4.69) is 32.0 Å². The van der Waals surface area contributed by atoms with Gasteiger partial charge in [0.15, 0.2) is 0 Å². The number of anilines is 1. The van der Waals surface area contributed by atoms with Crippen LogP contribution in [0.25, 0.3) is 0 Å². The second kappa shape index (κ2) is 7.77. The van der Waals surface area contributed by atoms with Gasteiger partial charge in [0, 0.05) is 12.7 Å². The van der Waals surface area contributed by atoms with Crippen molar-refractivity contribution in [2.75, 3.05) is 33.1 Å². The van der Waals surface area contributed by atoms with E-state index in [1.165, 1.54) is 12.7 Å². The fraction of sp³-hybridized carbons (Fsp3) is 0.333. The van der Waals surface area contributed by atoms with Crippen molar-refractivity contribution < 1.29 is 9.53 Å². The molecule has 22 heavy (non-hydrogen) atoms. The zero-order valence-electron chi connectivity index (χ0n) is 12.9. The van der Waals surface area contributed by atoms with Crippen LogP contribution >= 0.6 is 11.3 Å². The molecule has 1 atom stereocenters. The van der Waals surface area contributed by atoms with Crippen LogP contribution in [0.1, 0.15) is 11.6 Å². The lowest BCUT2D eigenvalue weighted by Crippen LogP contribution is -2.36. The number of carbonyl (C=O) groups excluding carboxylic acids is 1. The topological polar surface area (TPSA) is 66.5 Å². The molecule has 0 radical (unpaired) electrons. The average Bonchev–Trinajstić information content (AvgIpc) is 3.01. The number of pyridine rings is 1. The van der Waals surface area contributed by atoms with E-state index in [0.29, 0.717) is 18.1 Å². The van der Waals surface area contributed by atoms with Crippen LogP contribution in [0, 0.1) is 0 Å². The lowest BCUT2D eigenvalue weighted by atomic mass is 10.1. The SMILES string of the molecule is COc1ncccc1NC(=O)NC[C@@H](c1ccsc1)N(C)C. The first-order chi connectivity index (χ1) is 10.6. The smallest absolute Gasteiger partial charge is 0.319 e. The minimum absolute atomic E-state index is 0.132. The molecule has 7 heteroatoms. The third-order valence-electron chi connectivity index (χ3n) is 3.22. The van der Waals surface area contributed by atoms with Crippen molar-refractivity contribution in [2.45, 2.75) is 6.04 Å². The minimum atomic E-state index is -0.284. The van der Waals surface area contributed by atoms with Crippen LogP contribution in [-0.4, -0.2) is 43.7 Å². The summed E-state index contributed by atoms with van der Waals surface area (Å²) in [5.74, 6) is 0.389. The maximum Gasteiger partial charge on any atom is 0.319 e. The van der Waals surface area contributed by atoms with Crippen molar-refractivity contribution in [3.8, 4) is 5.88 Å². The number of ether oxygens (including phenoxy) is 1. The van der Waals surface area contributed by atoms with Gasteiger partial charge in [-0.1, -0.05) is 0 Å². The maximum absolute atomic E-state index is 12.1.